The van der Waals surface area contributed by atoms with Crippen molar-refractivity contribution in [3.8, 4) is 0 Å². The molecule has 0 aliphatic carbocycles. The summed E-state index contributed by atoms with van der Waals surface area (Å²) in [5, 5.41) is 8.00. The molecule has 5 nitrogen and oxygen atoms in total. The van der Waals surface area contributed by atoms with Crippen molar-refractivity contribution in [1.82, 2.24) is 15.3 Å². The number of H-pyrrole nitrogens is 1. The van der Waals surface area contributed by atoms with E-state index in [0.717, 1.165) is 17.6 Å². The molecular formula is C22H19ClN4O. The number of hydrogen-bond acceptors (Lipinski definition) is 3. The molecule has 2 aromatic carbocycles. The predicted octanol–water partition coefficient (Wildman–Crippen LogP) is 4.93. The number of pyridine rings is 1. The zero-order valence-electron chi connectivity index (χ0n) is 15.1. The number of amides is 1. The van der Waals surface area contributed by atoms with Gasteiger partial charge >= 0.3 is 0 Å². The van der Waals surface area contributed by atoms with E-state index >= 15 is 0 Å². The normalized spacial score (nSPS) is 10.8. The van der Waals surface area contributed by atoms with Crippen LogP contribution >= 0.6 is 11.6 Å². The highest BCUT2D eigenvalue weighted by Gasteiger charge is 2.08. The maximum absolute atomic E-state index is 12.5. The van der Waals surface area contributed by atoms with Crippen LogP contribution in [0.25, 0.3) is 10.9 Å². The van der Waals surface area contributed by atoms with E-state index in [1.165, 1.54) is 10.9 Å². The molecule has 0 atom stereocenters. The number of carbonyl (C=O) groups is 1. The Hall–Kier alpha value is -3.31. The topological polar surface area (TPSA) is 69.8 Å². The highest BCUT2D eigenvalue weighted by Crippen LogP contribution is 2.19. The van der Waals surface area contributed by atoms with Crippen LogP contribution in [0.5, 0.6) is 0 Å². The number of nitrogens with one attached hydrogen (secondary N) is 3. The third-order valence-electron chi connectivity index (χ3n) is 4.49. The van der Waals surface area contributed by atoms with Crippen LogP contribution in [0.4, 0.5) is 11.5 Å². The molecule has 2 aromatic heterocycles. The summed E-state index contributed by atoms with van der Waals surface area (Å²) >= 11 is 5.90. The lowest BCUT2D eigenvalue weighted by Gasteiger charge is -2.08. The Balaban J connectivity index is 1.37. The molecule has 28 heavy (non-hydrogen) atoms. The van der Waals surface area contributed by atoms with Crippen molar-refractivity contribution in [3.63, 3.8) is 0 Å². The second-order valence-corrected chi connectivity index (χ2v) is 6.86. The number of halogens is 1. The Morgan fingerprint density at radius 1 is 1.07 bits per heavy atom. The smallest absolute Gasteiger partial charge is 0.251 e. The van der Waals surface area contributed by atoms with E-state index in [9.17, 15) is 4.79 Å². The third-order valence-corrected chi connectivity index (χ3v) is 4.75. The van der Waals surface area contributed by atoms with Crippen molar-refractivity contribution in [3.05, 3.63) is 89.2 Å². The Morgan fingerprint density at radius 3 is 2.75 bits per heavy atom. The average molecular weight is 391 g/mol. The molecule has 0 aliphatic heterocycles. The molecular weight excluding hydrogens is 372 g/mol. The van der Waals surface area contributed by atoms with Gasteiger partial charge in [-0.15, -0.1) is 0 Å². The summed E-state index contributed by atoms with van der Waals surface area (Å²) < 4.78 is 0. The number of aromatic amines is 1. The summed E-state index contributed by atoms with van der Waals surface area (Å²) in [7, 11) is 0. The van der Waals surface area contributed by atoms with Crippen molar-refractivity contribution in [2.24, 2.45) is 0 Å². The van der Waals surface area contributed by atoms with E-state index < -0.39 is 0 Å². The van der Waals surface area contributed by atoms with Gasteiger partial charge in [0.05, 0.1) is 0 Å². The fourth-order valence-corrected chi connectivity index (χ4v) is 3.20. The summed E-state index contributed by atoms with van der Waals surface area (Å²) in [4.78, 5) is 20.0. The summed E-state index contributed by atoms with van der Waals surface area (Å²) in [5.41, 5.74) is 3.71. The van der Waals surface area contributed by atoms with Gasteiger partial charge in [0, 0.05) is 46.1 Å². The Labute approximate surface area is 167 Å². The third kappa shape index (κ3) is 4.15. The molecule has 0 saturated heterocycles. The van der Waals surface area contributed by atoms with Crippen LogP contribution in [-0.4, -0.2) is 22.4 Å². The van der Waals surface area contributed by atoms with Gasteiger partial charge in [-0.3, -0.25) is 4.79 Å². The average Bonchev–Trinajstić information content (AvgIpc) is 3.13. The number of carbonyl (C=O) groups excluding carboxylic acids is 1. The Kier molecular flexibility index (Phi) is 5.26. The number of rotatable bonds is 6. The number of hydrogen-bond donors (Lipinski definition) is 3. The fourth-order valence-electron chi connectivity index (χ4n) is 3.07. The second-order valence-electron chi connectivity index (χ2n) is 6.43. The fraction of sp³-hybridized carbons (Fsp3) is 0.0909. The molecule has 0 fully saturated rings. The molecule has 3 N–H and O–H groups in total. The maximum atomic E-state index is 12.5. The molecule has 0 saturated carbocycles. The summed E-state index contributed by atoms with van der Waals surface area (Å²) in [6.07, 6.45) is 4.38. The number of anilines is 2. The van der Waals surface area contributed by atoms with Gasteiger partial charge in [-0.25, -0.2) is 4.98 Å². The number of fused-ring (bicyclic) bond motifs is 1. The lowest BCUT2D eigenvalue weighted by atomic mass is 10.1. The van der Waals surface area contributed by atoms with E-state index in [0.29, 0.717) is 22.9 Å². The summed E-state index contributed by atoms with van der Waals surface area (Å²) in [6.45, 7) is 0.558. The van der Waals surface area contributed by atoms with Crippen molar-refractivity contribution in [1.29, 1.82) is 0 Å². The molecule has 4 aromatic rings. The number of para-hydroxylation sites is 1. The van der Waals surface area contributed by atoms with Crippen molar-refractivity contribution >= 4 is 39.9 Å². The minimum atomic E-state index is -0.124. The summed E-state index contributed by atoms with van der Waals surface area (Å²) in [5.74, 6) is 0.480. The predicted molar refractivity (Wildman–Crippen MR) is 113 cm³/mol. The monoisotopic (exact) mass is 390 g/mol. The molecule has 0 unspecified atom stereocenters. The van der Waals surface area contributed by atoms with Crippen LogP contribution in [-0.2, 0) is 6.42 Å². The van der Waals surface area contributed by atoms with Gasteiger partial charge in [-0.05, 0) is 54.4 Å². The molecule has 6 heteroatoms. The molecule has 4 rings (SSSR count). The first kappa shape index (κ1) is 18.1. The van der Waals surface area contributed by atoms with E-state index in [1.54, 1.807) is 30.5 Å². The quantitative estimate of drug-likeness (QED) is 0.437. The minimum absolute atomic E-state index is 0.124. The van der Waals surface area contributed by atoms with Crippen LogP contribution in [0.15, 0.2) is 73.1 Å². The SMILES string of the molecule is O=C(NCCc1c[nH]c2ccccc12)c1ccnc(Nc2ccc(Cl)cc2)c1. The highest BCUT2D eigenvalue weighted by molar-refractivity contribution is 6.30. The van der Waals surface area contributed by atoms with Crippen LogP contribution < -0.4 is 10.6 Å². The highest BCUT2D eigenvalue weighted by atomic mass is 35.5. The van der Waals surface area contributed by atoms with Gasteiger partial charge < -0.3 is 15.6 Å². The van der Waals surface area contributed by atoms with Gasteiger partial charge in [-0.1, -0.05) is 29.8 Å². The second kappa shape index (κ2) is 8.15. The first-order chi connectivity index (χ1) is 13.7. The van der Waals surface area contributed by atoms with Gasteiger partial charge in [0.1, 0.15) is 5.82 Å². The lowest BCUT2D eigenvalue weighted by Crippen LogP contribution is -2.25. The van der Waals surface area contributed by atoms with Crippen LogP contribution in [0.1, 0.15) is 15.9 Å². The zero-order chi connectivity index (χ0) is 19.3. The Morgan fingerprint density at radius 2 is 1.89 bits per heavy atom. The molecule has 0 spiro atoms. The summed E-state index contributed by atoms with van der Waals surface area (Å²) in [6, 6.07) is 18.9. The van der Waals surface area contributed by atoms with Crippen molar-refractivity contribution in [2.75, 3.05) is 11.9 Å². The standard InChI is InChI=1S/C22H19ClN4O/c23-17-5-7-18(8-6-17)27-21-13-15(9-11-24-21)22(28)25-12-10-16-14-26-20-4-2-1-3-19(16)20/h1-9,11,13-14,26H,10,12H2,(H,24,27)(H,25,28). The van der Waals surface area contributed by atoms with E-state index in [4.69, 9.17) is 11.6 Å². The number of nitrogens with zero attached hydrogens (tertiary/aromatic N) is 1. The van der Waals surface area contributed by atoms with Crippen molar-refractivity contribution < 1.29 is 4.79 Å². The van der Waals surface area contributed by atoms with Crippen LogP contribution in [0.2, 0.25) is 5.02 Å². The first-order valence-corrected chi connectivity index (χ1v) is 9.39. The lowest BCUT2D eigenvalue weighted by molar-refractivity contribution is 0.0954. The van der Waals surface area contributed by atoms with Crippen LogP contribution in [0.3, 0.4) is 0 Å². The van der Waals surface area contributed by atoms with E-state index in [2.05, 4.69) is 26.7 Å². The molecule has 0 radical (unpaired) electrons. The molecule has 0 aliphatic rings. The van der Waals surface area contributed by atoms with Crippen molar-refractivity contribution in [2.45, 2.75) is 6.42 Å². The van der Waals surface area contributed by atoms with E-state index in [-0.39, 0.29) is 5.91 Å². The molecule has 2 heterocycles. The van der Waals surface area contributed by atoms with E-state index in [1.807, 2.05) is 36.5 Å². The van der Waals surface area contributed by atoms with Gasteiger partial charge in [-0.2, -0.15) is 0 Å². The van der Waals surface area contributed by atoms with Crippen LogP contribution in [0, 0.1) is 0 Å². The Bertz CT molecular complexity index is 1100. The number of aromatic nitrogens is 2. The minimum Gasteiger partial charge on any atom is -0.361 e. The molecule has 0 bridgehead atoms. The molecule has 1 amide bonds. The maximum Gasteiger partial charge on any atom is 0.251 e. The van der Waals surface area contributed by atoms with Gasteiger partial charge in [0.15, 0.2) is 0 Å². The zero-order valence-corrected chi connectivity index (χ0v) is 15.8. The number of benzene rings is 2. The first-order valence-electron chi connectivity index (χ1n) is 9.01. The largest absolute Gasteiger partial charge is 0.361 e. The van der Waals surface area contributed by atoms with Gasteiger partial charge in [0.2, 0.25) is 0 Å². The molecule has 140 valence electrons. The van der Waals surface area contributed by atoms with Gasteiger partial charge in [0.25, 0.3) is 5.91 Å².